The van der Waals surface area contributed by atoms with E-state index < -0.39 is 6.04 Å². The normalized spacial score (nSPS) is 12.2. The number of aromatic nitrogens is 2. The molecule has 3 aromatic rings. The van der Waals surface area contributed by atoms with Crippen LogP contribution in [0.15, 0.2) is 47.3 Å². The summed E-state index contributed by atoms with van der Waals surface area (Å²) in [5.74, 6) is 0.323. The van der Waals surface area contributed by atoms with E-state index in [-0.39, 0.29) is 11.5 Å². The number of amides is 1. The van der Waals surface area contributed by atoms with Crippen molar-refractivity contribution in [2.45, 2.75) is 32.9 Å². The number of hydrogen-bond donors (Lipinski definition) is 0. The lowest BCUT2D eigenvalue weighted by molar-refractivity contribution is 0.0655. The van der Waals surface area contributed by atoms with E-state index in [1.54, 1.807) is 40.8 Å². The second-order valence-electron chi connectivity index (χ2n) is 7.19. The minimum absolute atomic E-state index is 0.117. The average Bonchev–Trinajstić information content (AvgIpc) is 2.77. The molecule has 1 aromatic heterocycles. The van der Waals surface area contributed by atoms with Gasteiger partial charge in [0.1, 0.15) is 5.82 Å². The predicted molar refractivity (Wildman–Crippen MR) is 124 cm³/mol. The third-order valence-corrected chi connectivity index (χ3v) is 5.96. The van der Waals surface area contributed by atoms with Crippen molar-refractivity contribution >= 4 is 40.0 Å². The van der Waals surface area contributed by atoms with Crippen LogP contribution >= 0.6 is 23.2 Å². The fourth-order valence-corrected chi connectivity index (χ4v) is 3.89. The number of ether oxygens (including phenoxy) is 1. The molecule has 0 aliphatic rings. The van der Waals surface area contributed by atoms with Gasteiger partial charge in [0.25, 0.3) is 11.5 Å². The molecule has 0 saturated heterocycles. The zero-order valence-electron chi connectivity index (χ0n) is 17.8. The second-order valence-corrected chi connectivity index (χ2v) is 8.00. The number of para-hydroxylation sites is 1. The van der Waals surface area contributed by atoms with Crippen molar-refractivity contribution in [3.8, 4) is 0 Å². The van der Waals surface area contributed by atoms with Crippen molar-refractivity contribution < 1.29 is 9.53 Å². The molecule has 0 aliphatic carbocycles. The van der Waals surface area contributed by atoms with Gasteiger partial charge in [0.05, 0.1) is 27.0 Å². The molecule has 1 heterocycles. The molecule has 0 fully saturated rings. The van der Waals surface area contributed by atoms with Gasteiger partial charge in [-0.25, -0.2) is 4.98 Å². The lowest BCUT2D eigenvalue weighted by Crippen LogP contribution is -2.38. The Hall–Kier alpha value is -2.41. The van der Waals surface area contributed by atoms with Gasteiger partial charge in [-0.1, -0.05) is 35.3 Å². The summed E-state index contributed by atoms with van der Waals surface area (Å²) in [4.78, 5) is 32.9. The smallest absolute Gasteiger partial charge is 0.261 e. The average molecular weight is 462 g/mol. The summed E-state index contributed by atoms with van der Waals surface area (Å²) in [6, 6.07) is 11.6. The summed E-state index contributed by atoms with van der Waals surface area (Å²) in [5.41, 5.74) is 0.913. The Bertz CT molecular complexity index is 1150. The predicted octanol–water partition coefficient (Wildman–Crippen LogP) is 4.96. The molecule has 0 bridgehead atoms. The maximum atomic E-state index is 13.4. The van der Waals surface area contributed by atoms with Crippen LogP contribution in [0.2, 0.25) is 10.0 Å². The minimum atomic E-state index is -0.448. The van der Waals surface area contributed by atoms with Crippen LogP contribution in [0.4, 0.5) is 0 Å². The molecule has 3 rings (SSSR count). The van der Waals surface area contributed by atoms with Crippen LogP contribution in [0.1, 0.15) is 42.5 Å². The molecule has 0 N–H and O–H groups in total. The fraction of sp³-hybridized carbons (Fsp3) is 0.348. The van der Waals surface area contributed by atoms with Crippen LogP contribution in [0.5, 0.6) is 0 Å². The van der Waals surface area contributed by atoms with E-state index in [4.69, 9.17) is 32.9 Å². The van der Waals surface area contributed by atoms with Crippen molar-refractivity contribution in [1.82, 2.24) is 14.5 Å². The molecule has 0 aliphatic heterocycles. The van der Waals surface area contributed by atoms with Gasteiger partial charge >= 0.3 is 0 Å². The Morgan fingerprint density at radius 1 is 1.19 bits per heavy atom. The standard InChI is InChI=1S/C23H25Cl2N3O3/c1-4-27-21(26-20-9-6-5-8-17(20)23(27)30)15(2)28(12-7-13-31-3)22(29)16-10-11-18(24)19(25)14-16/h5-6,8-11,14-15H,4,7,12-13H2,1-3H3. The van der Waals surface area contributed by atoms with Gasteiger partial charge in [0.15, 0.2) is 0 Å². The minimum Gasteiger partial charge on any atom is -0.385 e. The molecule has 31 heavy (non-hydrogen) atoms. The van der Waals surface area contributed by atoms with Crippen LogP contribution < -0.4 is 5.56 Å². The number of nitrogens with zero attached hydrogens (tertiary/aromatic N) is 3. The van der Waals surface area contributed by atoms with Gasteiger partial charge in [0, 0.05) is 32.4 Å². The van der Waals surface area contributed by atoms with Gasteiger partial charge in [-0.05, 0) is 50.6 Å². The highest BCUT2D eigenvalue weighted by Gasteiger charge is 2.27. The highest BCUT2D eigenvalue weighted by atomic mass is 35.5. The first-order valence-electron chi connectivity index (χ1n) is 10.1. The molecule has 0 spiro atoms. The lowest BCUT2D eigenvalue weighted by atomic mass is 10.1. The van der Waals surface area contributed by atoms with Gasteiger partial charge in [-0.15, -0.1) is 0 Å². The van der Waals surface area contributed by atoms with Crippen LogP contribution in [-0.2, 0) is 11.3 Å². The molecule has 1 unspecified atom stereocenters. The van der Waals surface area contributed by atoms with Crippen molar-refractivity contribution in [1.29, 1.82) is 0 Å². The first-order valence-corrected chi connectivity index (χ1v) is 10.9. The molecular weight excluding hydrogens is 437 g/mol. The molecule has 6 nitrogen and oxygen atoms in total. The summed E-state index contributed by atoms with van der Waals surface area (Å²) in [6.45, 7) is 5.16. The summed E-state index contributed by atoms with van der Waals surface area (Å²) in [5, 5.41) is 1.25. The Morgan fingerprint density at radius 2 is 1.94 bits per heavy atom. The van der Waals surface area contributed by atoms with Crippen LogP contribution in [-0.4, -0.2) is 40.6 Å². The number of halogens is 2. The maximum absolute atomic E-state index is 13.4. The molecule has 0 radical (unpaired) electrons. The molecule has 0 saturated carbocycles. The number of carbonyl (C=O) groups excluding carboxylic acids is 1. The number of fused-ring (bicyclic) bond motifs is 1. The Morgan fingerprint density at radius 3 is 2.61 bits per heavy atom. The Balaban J connectivity index is 2.07. The summed E-state index contributed by atoms with van der Waals surface area (Å²) in [7, 11) is 1.62. The third kappa shape index (κ3) is 4.92. The van der Waals surface area contributed by atoms with E-state index in [0.717, 1.165) is 0 Å². The highest BCUT2D eigenvalue weighted by molar-refractivity contribution is 6.42. The topological polar surface area (TPSA) is 64.4 Å². The SMILES string of the molecule is CCn1c(C(C)N(CCCOC)C(=O)c2ccc(Cl)c(Cl)c2)nc2ccccc2c1=O. The first kappa shape index (κ1) is 23.3. The van der Waals surface area contributed by atoms with Crippen molar-refractivity contribution in [3.05, 3.63) is 74.3 Å². The van der Waals surface area contributed by atoms with E-state index in [1.807, 2.05) is 32.0 Å². The van der Waals surface area contributed by atoms with Crippen molar-refractivity contribution in [2.24, 2.45) is 0 Å². The van der Waals surface area contributed by atoms with E-state index >= 15 is 0 Å². The molecule has 1 atom stereocenters. The van der Waals surface area contributed by atoms with Gasteiger partial charge in [-0.2, -0.15) is 0 Å². The number of hydrogen-bond acceptors (Lipinski definition) is 4. The zero-order chi connectivity index (χ0) is 22.5. The molecule has 164 valence electrons. The molecular formula is C23H25Cl2N3O3. The maximum Gasteiger partial charge on any atom is 0.261 e. The zero-order valence-corrected chi connectivity index (χ0v) is 19.3. The van der Waals surface area contributed by atoms with E-state index in [9.17, 15) is 9.59 Å². The molecule has 8 heteroatoms. The second kappa shape index (κ2) is 10.3. The van der Waals surface area contributed by atoms with Gasteiger partial charge in [0.2, 0.25) is 0 Å². The number of rotatable bonds is 8. The fourth-order valence-electron chi connectivity index (χ4n) is 3.59. The molecule has 2 aromatic carbocycles. The Labute approximate surface area is 191 Å². The van der Waals surface area contributed by atoms with Crippen LogP contribution in [0.25, 0.3) is 10.9 Å². The van der Waals surface area contributed by atoms with Crippen LogP contribution in [0, 0.1) is 0 Å². The first-order chi connectivity index (χ1) is 14.9. The van der Waals surface area contributed by atoms with Crippen molar-refractivity contribution in [3.63, 3.8) is 0 Å². The van der Waals surface area contributed by atoms with E-state index in [2.05, 4.69) is 0 Å². The number of methoxy groups -OCH3 is 1. The summed E-state index contributed by atoms with van der Waals surface area (Å²) in [6.07, 6.45) is 0.637. The Kier molecular flexibility index (Phi) is 7.70. The van der Waals surface area contributed by atoms with Gasteiger partial charge < -0.3 is 9.64 Å². The molecule has 1 amide bonds. The van der Waals surface area contributed by atoms with Gasteiger partial charge in [-0.3, -0.25) is 14.2 Å². The van der Waals surface area contributed by atoms with Crippen LogP contribution in [0.3, 0.4) is 0 Å². The van der Waals surface area contributed by atoms with E-state index in [1.165, 1.54) is 0 Å². The summed E-state index contributed by atoms with van der Waals surface area (Å²) < 4.78 is 6.80. The monoisotopic (exact) mass is 461 g/mol. The largest absolute Gasteiger partial charge is 0.385 e. The third-order valence-electron chi connectivity index (χ3n) is 5.22. The number of benzene rings is 2. The number of carbonyl (C=O) groups is 1. The van der Waals surface area contributed by atoms with E-state index in [0.29, 0.717) is 58.5 Å². The van der Waals surface area contributed by atoms with Crippen molar-refractivity contribution in [2.75, 3.05) is 20.3 Å². The lowest BCUT2D eigenvalue weighted by Gasteiger charge is -2.30. The quantitative estimate of drug-likeness (QED) is 0.444. The highest BCUT2D eigenvalue weighted by Crippen LogP contribution is 2.26. The summed E-state index contributed by atoms with van der Waals surface area (Å²) >= 11 is 12.2.